The Morgan fingerprint density at radius 3 is 2.77 bits per heavy atom. The van der Waals surface area contributed by atoms with E-state index in [4.69, 9.17) is 4.74 Å². The van der Waals surface area contributed by atoms with Gasteiger partial charge >= 0.3 is 0 Å². The summed E-state index contributed by atoms with van der Waals surface area (Å²) in [6.45, 7) is 3.35. The van der Waals surface area contributed by atoms with Crippen molar-refractivity contribution in [2.24, 2.45) is 0 Å². The van der Waals surface area contributed by atoms with E-state index in [9.17, 15) is 4.79 Å². The summed E-state index contributed by atoms with van der Waals surface area (Å²) in [6, 6.07) is 18.2. The van der Waals surface area contributed by atoms with Crippen LogP contribution in [0.4, 0.5) is 0 Å². The average molecular weight is 419 g/mol. The van der Waals surface area contributed by atoms with Crippen molar-refractivity contribution >= 4 is 5.91 Å². The third-order valence-electron chi connectivity index (χ3n) is 6.01. The zero-order valence-electron chi connectivity index (χ0n) is 18.3. The van der Waals surface area contributed by atoms with Crippen molar-refractivity contribution in [3.8, 4) is 5.75 Å². The molecular weight excluding hydrogens is 388 g/mol. The third kappa shape index (κ3) is 4.97. The molecule has 0 bridgehead atoms. The second kappa shape index (κ2) is 9.79. The summed E-state index contributed by atoms with van der Waals surface area (Å²) in [5.74, 6) is 1.19. The fraction of sp³-hybridized carbons (Fsp3) is 0.360. The first kappa shape index (κ1) is 21.1. The summed E-state index contributed by atoms with van der Waals surface area (Å²) < 4.78 is 5.52. The van der Waals surface area contributed by atoms with E-state index in [2.05, 4.69) is 21.2 Å². The molecule has 1 N–H and O–H groups in total. The van der Waals surface area contributed by atoms with Gasteiger partial charge in [0.2, 0.25) is 0 Å². The predicted molar refractivity (Wildman–Crippen MR) is 121 cm³/mol. The number of hydrogen-bond acceptors (Lipinski definition) is 4. The Bertz CT molecular complexity index is 1000. The number of para-hydroxylation sites is 1. The SMILES string of the molecule is COc1ccccc1CN1CCC[C@@H](c2[nH]ncc2C(=O)N(C)Cc2ccccc2)C1. The predicted octanol–water partition coefficient (Wildman–Crippen LogP) is 4.07. The van der Waals surface area contributed by atoms with Crippen molar-refractivity contribution < 1.29 is 9.53 Å². The standard InChI is InChI=1S/C25H30N4O2/c1-28(16-19-9-4-3-5-10-19)25(30)22-15-26-27-24(22)21-12-8-14-29(18-21)17-20-11-6-7-13-23(20)31-2/h3-7,9-11,13,15,21H,8,12,14,16-18H2,1-2H3,(H,26,27)/t21-/m1/s1. The number of carbonyl (C=O) groups excluding carboxylic acids is 1. The second-order valence-corrected chi connectivity index (χ2v) is 8.23. The number of likely N-dealkylation sites (tertiary alicyclic amines) is 1. The highest BCUT2D eigenvalue weighted by atomic mass is 16.5. The number of hydrogen-bond donors (Lipinski definition) is 1. The molecule has 1 saturated heterocycles. The molecule has 0 aliphatic carbocycles. The molecule has 1 fully saturated rings. The molecule has 1 atom stereocenters. The van der Waals surface area contributed by atoms with E-state index in [1.807, 2.05) is 55.6 Å². The number of nitrogens with zero attached hydrogens (tertiary/aromatic N) is 3. The van der Waals surface area contributed by atoms with Crippen molar-refractivity contribution in [1.29, 1.82) is 0 Å². The molecule has 2 heterocycles. The molecule has 0 radical (unpaired) electrons. The number of carbonyl (C=O) groups is 1. The van der Waals surface area contributed by atoms with Crippen molar-refractivity contribution in [2.45, 2.75) is 31.8 Å². The molecule has 31 heavy (non-hydrogen) atoms. The van der Waals surface area contributed by atoms with Crippen molar-refractivity contribution in [2.75, 3.05) is 27.2 Å². The zero-order chi connectivity index (χ0) is 21.6. The minimum absolute atomic E-state index is 0.00875. The number of piperidine rings is 1. The van der Waals surface area contributed by atoms with E-state index in [0.717, 1.165) is 49.5 Å². The van der Waals surface area contributed by atoms with Crippen LogP contribution in [0.25, 0.3) is 0 Å². The normalized spacial score (nSPS) is 16.8. The van der Waals surface area contributed by atoms with E-state index in [1.54, 1.807) is 18.2 Å². The fourth-order valence-electron chi connectivity index (χ4n) is 4.42. The Hall–Kier alpha value is -3.12. The Morgan fingerprint density at radius 2 is 1.97 bits per heavy atom. The molecule has 1 aliphatic heterocycles. The summed E-state index contributed by atoms with van der Waals surface area (Å²) in [4.78, 5) is 17.4. The lowest BCUT2D eigenvalue weighted by Gasteiger charge is -2.33. The number of methoxy groups -OCH3 is 1. The van der Waals surface area contributed by atoms with Crippen LogP contribution in [0, 0.1) is 0 Å². The molecule has 0 unspecified atom stereocenters. The van der Waals surface area contributed by atoms with Crippen LogP contribution < -0.4 is 4.74 Å². The monoisotopic (exact) mass is 418 g/mol. The molecule has 6 nitrogen and oxygen atoms in total. The molecule has 1 aromatic heterocycles. The highest BCUT2D eigenvalue weighted by Crippen LogP contribution is 2.30. The van der Waals surface area contributed by atoms with Gasteiger partial charge in [-0.2, -0.15) is 5.10 Å². The van der Waals surface area contributed by atoms with Gasteiger partial charge in [-0.3, -0.25) is 14.8 Å². The van der Waals surface area contributed by atoms with Crippen molar-refractivity contribution in [3.63, 3.8) is 0 Å². The van der Waals surface area contributed by atoms with Gasteiger partial charge in [0.15, 0.2) is 0 Å². The number of aromatic nitrogens is 2. The summed E-state index contributed by atoms with van der Waals surface area (Å²) in [5.41, 5.74) is 3.94. The molecule has 0 saturated carbocycles. The van der Waals surface area contributed by atoms with Gasteiger partial charge in [0, 0.05) is 38.2 Å². The highest BCUT2D eigenvalue weighted by molar-refractivity contribution is 5.95. The average Bonchev–Trinajstić information content (AvgIpc) is 3.30. The van der Waals surface area contributed by atoms with E-state index in [0.29, 0.717) is 12.1 Å². The van der Waals surface area contributed by atoms with Gasteiger partial charge in [-0.1, -0.05) is 48.5 Å². The number of amides is 1. The highest BCUT2D eigenvalue weighted by Gasteiger charge is 2.28. The second-order valence-electron chi connectivity index (χ2n) is 8.23. The third-order valence-corrected chi connectivity index (χ3v) is 6.01. The quantitative estimate of drug-likeness (QED) is 0.628. The summed E-state index contributed by atoms with van der Waals surface area (Å²) >= 11 is 0. The number of aromatic amines is 1. The molecule has 3 aromatic rings. The van der Waals surface area contributed by atoms with Crippen LogP contribution in [0.1, 0.15) is 45.9 Å². The van der Waals surface area contributed by atoms with Gasteiger partial charge in [-0.15, -0.1) is 0 Å². The maximum Gasteiger partial charge on any atom is 0.257 e. The lowest BCUT2D eigenvalue weighted by Crippen LogP contribution is -2.35. The summed E-state index contributed by atoms with van der Waals surface area (Å²) in [5, 5.41) is 7.37. The Kier molecular flexibility index (Phi) is 6.67. The molecule has 162 valence electrons. The van der Waals surface area contributed by atoms with Gasteiger partial charge in [-0.05, 0) is 31.0 Å². The largest absolute Gasteiger partial charge is 0.496 e. The summed E-state index contributed by atoms with van der Waals surface area (Å²) in [7, 11) is 3.56. The van der Waals surface area contributed by atoms with Gasteiger partial charge in [0.1, 0.15) is 5.75 Å². The smallest absolute Gasteiger partial charge is 0.257 e. The van der Waals surface area contributed by atoms with E-state index >= 15 is 0 Å². The Balaban J connectivity index is 1.45. The lowest BCUT2D eigenvalue weighted by molar-refractivity contribution is 0.0782. The molecule has 0 spiro atoms. The van der Waals surface area contributed by atoms with Gasteiger partial charge in [-0.25, -0.2) is 0 Å². The number of rotatable bonds is 7. The Morgan fingerprint density at radius 1 is 1.19 bits per heavy atom. The topological polar surface area (TPSA) is 61.5 Å². The van der Waals surface area contributed by atoms with Crippen molar-refractivity contribution in [3.05, 3.63) is 83.2 Å². The Labute approximate surface area is 183 Å². The molecule has 2 aromatic carbocycles. The van der Waals surface area contributed by atoms with Crippen LogP contribution in [0.15, 0.2) is 60.8 Å². The van der Waals surface area contributed by atoms with Gasteiger partial charge < -0.3 is 9.64 Å². The zero-order valence-corrected chi connectivity index (χ0v) is 18.3. The molecule has 1 aliphatic rings. The number of ether oxygens (including phenoxy) is 1. The van der Waals surface area contributed by atoms with Crippen LogP contribution in [-0.2, 0) is 13.1 Å². The molecular formula is C25H30N4O2. The van der Waals surface area contributed by atoms with Crippen LogP contribution in [0.3, 0.4) is 0 Å². The molecule has 6 heteroatoms. The van der Waals surface area contributed by atoms with Crippen LogP contribution in [0.2, 0.25) is 0 Å². The van der Waals surface area contributed by atoms with Gasteiger partial charge in [0.25, 0.3) is 5.91 Å². The van der Waals surface area contributed by atoms with E-state index < -0.39 is 0 Å². The summed E-state index contributed by atoms with van der Waals surface area (Å²) in [6.07, 6.45) is 3.82. The van der Waals surface area contributed by atoms with E-state index in [1.165, 1.54) is 5.56 Å². The van der Waals surface area contributed by atoms with E-state index in [-0.39, 0.29) is 11.8 Å². The van der Waals surface area contributed by atoms with Gasteiger partial charge in [0.05, 0.1) is 24.6 Å². The first-order chi connectivity index (χ1) is 15.2. The first-order valence-electron chi connectivity index (χ1n) is 10.8. The number of benzene rings is 2. The molecule has 4 rings (SSSR count). The number of nitrogens with one attached hydrogen (secondary N) is 1. The minimum Gasteiger partial charge on any atom is -0.496 e. The fourth-order valence-corrected chi connectivity index (χ4v) is 4.42. The van der Waals surface area contributed by atoms with Crippen LogP contribution >= 0.6 is 0 Å². The minimum atomic E-state index is 0.00875. The first-order valence-corrected chi connectivity index (χ1v) is 10.8. The van der Waals surface area contributed by atoms with Crippen molar-refractivity contribution in [1.82, 2.24) is 20.0 Å². The van der Waals surface area contributed by atoms with Crippen LogP contribution in [-0.4, -0.2) is 53.2 Å². The maximum atomic E-state index is 13.2. The lowest BCUT2D eigenvalue weighted by atomic mass is 9.92. The maximum absolute atomic E-state index is 13.2. The molecule has 1 amide bonds. The van der Waals surface area contributed by atoms with Crippen LogP contribution in [0.5, 0.6) is 5.75 Å². The number of H-pyrrole nitrogens is 1.